The largest absolute Gasteiger partial charge is 0.381 e. The lowest BCUT2D eigenvalue weighted by molar-refractivity contribution is -0.137. The zero-order valence-corrected chi connectivity index (χ0v) is 22.9. The summed E-state index contributed by atoms with van der Waals surface area (Å²) in [7, 11) is 1.69. The summed E-state index contributed by atoms with van der Waals surface area (Å²) >= 11 is 0. The van der Waals surface area contributed by atoms with Gasteiger partial charge in [0.1, 0.15) is 19.1 Å². The van der Waals surface area contributed by atoms with Crippen LogP contribution in [-0.4, -0.2) is 53.7 Å². The van der Waals surface area contributed by atoms with Crippen LogP contribution < -0.4 is 21.4 Å². The van der Waals surface area contributed by atoms with E-state index in [2.05, 4.69) is 28.0 Å². The fraction of sp³-hybridized carbons (Fsp3) is 0.500. The number of nitrogens with zero attached hydrogens (tertiary/aromatic N) is 3. The fourth-order valence-electron chi connectivity index (χ4n) is 5.29. The van der Waals surface area contributed by atoms with Gasteiger partial charge < -0.3 is 20.7 Å². The molecular formula is C28H36BFN6O3. The number of anilines is 1. The summed E-state index contributed by atoms with van der Waals surface area (Å²) in [4.78, 5) is 31.4. The molecule has 0 radical (unpaired) electrons. The third-order valence-electron chi connectivity index (χ3n) is 7.90. The van der Waals surface area contributed by atoms with Crippen LogP contribution in [0.5, 0.6) is 0 Å². The van der Waals surface area contributed by atoms with E-state index in [1.54, 1.807) is 20.0 Å². The second-order valence-electron chi connectivity index (χ2n) is 10.5. The number of rotatable bonds is 10. The van der Waals surface area contributed by atoms with Crippen molar-refractivity contribution in [3.8, 4) is 0 Å². The number of halogens is 1. The maximum atomic E-state index is 13.6. The van der Waals surface area contributed by atoms with Crippen LogP contribution in [0, 0.1) is 11.2 Å². The van der Waals surface area contributed by atoms with Crippen LogP contribution in [0.4, 0.5) is 10.1 Å². The van der Waals surface area contributed by atoms with E-state index in [1.165, 1.54) is 6.07 Å². The lowest BCUT2D eigenvalue weighted by atomic mass is 9.93. The zero-order chi connectivity index (χ0) is 27.6. The van der Waals surface area contributed by atoms with Gasteiger partial charge in [-0.25, -0.2) is 14.1 Å². The fourth-order valence-corrected chi connectivity index (χ4v) is 5.29. The summed E-state index contributed by atoms with van der Waals surface area (Å²) in [6.45, 7) is 6.73. The molecule has 3 N–H and O–H groups in total. The molecule has 0 bridgehead atoms. The van der Waals surface area contributed by atoms with Gasteiger partial charge in [0.2, 0.25) is 11.8 Å². The number of amides is 2. The maximum absolute atomic E-state index is 13.6. The zero-order valence-electron chi connectivity index (χ0n) is 22.9. The molecule has 0 spiro atoms. The highest BCUT2D eigenvalue weighted by Crippen LogP contribution is 2.46. The number of ether oxygens (including phenoxy) is 1. The molecule has 9 nitrogen and oxygen atoms in total. The van der Waals surface area contributed by atoms with Crippen molar-refractivity contribution < 1.29 is 18.7 Å². The molecule has 0 unspecified atom stereocenters. The third kappa shape index (κ3) is 5.50. The molecule has 206 valence electrons. The Kier molecular flexibility index (Phi) is 7.88. The first-order chi connectivity index (χ1) is 18.9. The summed E-state index contributed by atoms with van der Waals surface area (Å²) in [6.07, 6.45) is 5.33. The Balaban J connectivity index is 1.34. The standard InChI is InChI=1S/C28H36BFN6O3/c1-3-23-19(24(34-18-7-11-39-12-8-18)20-16-33-36(4-2)25(20)35-23)15-32-27(38)28(9-10-28)26(37)31-14-17-5-6-22(30)21(29)13-17/h5-6,13,16,18H,3-4,7-12,14-15,29H2,1-2H3,(H,31,37)(H,32,38)(H,34,35). The van der Waals surface area contributed by atoms with Gasteiger partial charge in [0.15, 0.2) is 5.65 Å². The first kappa shape index (κ1) is 27.1. The summed E-state index contributed by atoms with van der Waals surface area (Å²) in [5.74, 6) is -0.857. The van der Waals surface area contributed by atoms with Crippen molar-refractivity contribution >= 4 is 41.8 Å². The molecule has 1 aromatic carbocycles. The van der Waals surface area contributed by atoms with Crippen molar-refractivity contribution in [2.45, 2.75) is 71.6 Å². The SMILES string of the molecule is Bc1cc(CNC(=O)C2(C(=O)NCc3c(CC)nc4c(cnn4CC)c3NC3CCOCC3)CC2)ccc1F. The molecule has 0 atom stereocenters. The van der Waals surface area contributed by atoms with E-state index in [4.69, 9.17) is 9.72 Å². The number of nitrogens with one attached hydrogen (secondary N) is 3. The van der Waals surface area contributed by atoms with Gasteiger partial charge in [-0.05, 0) is 50.7 Å². The molecule has 11 heteroatoms. The highest BCUT2D eigenvalue weighted by Gasteiger charge is 2.56. The van der Waals surface area contributed by atoms with Crippen molar-refractivity contribution in [3.05, 3.63) is 47.0 Å². The maximum Gasteiger partial charge on any atom is 0.235 e. The van der Waals surface area contributed by atoms with E-state index in [1.807, 2.05) is 17.8 Å². The molecule has 2 aromatic heterocycles. The summed E-state index contributed by atoms with van der Waals surface area (Å²) in [6, 6.07) is 5.00. The second kappa shape index (κ2) is 11.3. The Hall–Kier alpha value is -3.47. The Bertz CT molecular complexity index is 1380. The molecule has 5 rings (SSSR count). The average Bonchev–Trinajstić information content (AvgIpc) is 3.67. The number of hydrogen-bond donors (Lipinski definition) is 3. The molecule has 1 aliphatic heterocycles. The van der Waals surface area contributed by atoms with Gasteiger partial charge in [-0.15, -0.1) is 0 Å². The van der Waals surface area contributed by atoms with E-state index >= 15 is 0 Å². The molecule has 3 heterocycles. The van der Waals surface area contributed by atoms with E-state index in [0.29, 0.717) is 44.5 Å². The molecule has 39 heavy (non-hydrogen) atoms. The molecule has 1 saturated carbocycles. The molecule has 1 saturated heterocycles. The molecular weight excluding hydrogens is 498 g/mol. The van der Waals surface area contributed by atoms with E-state index in [9.17, 15) is 14.0 Å². The number of carbonyl (C=O) groups excluding carboxylic acids is 2. The first-order valence-electron chi connectivity index (χ1n) is 13.9. The van der Waals surface area contributed by atoms with E-state index in [-0.39, 0.29) is 36.8 Å². The van der Waals surface area contributed by atoms with Crippen LogP contribution in [0.15, 0.2) is 24.4 Å². The summed E-state index contributed by atoms with van der Waals surface area (Å²) in [5.41, 5.74) is 3.85. The second-order valence-corrected chi connectivity index (χ2v) is 10.5. The normalized spacial score (nSPS) is 16.7. The molecule has 2 aliphatic rings. The minimum atomic E-state index is -1.07. The van der Waals surface area contributed by atoms with Crippen molar-refractivity contribution in [1.29, 1.82) is 0 Å². The van der Waals surface area contributed by atoms with Gasteiger partial charge in [0.05, 0.1) is 17.3 Å². The average molecular weight is 534 g/mol. The number of pyridine rings is 1. The summed E-state index contributed by atoms with van der Waals surface area (Å²) < 4.78 is 21.0. The minimum Gasteiger partial charge on any atom is -0.381 e. The van der Waals surface area contributed by atoms with Crippen molar-refractivity contribution in [2.75, 3.05) is 18.5 Å². The van der Waals surface area contributed by atoms with Gasteiger partial charge in [-0.2, -0.15) is 5.10 Å². The van der Waals surface area contributed by atoms with E-state index < -0.39 is 5.41 Å². The lowest BCUT2D eigenvalue weighted by Crippen LogP contribution is -2.43. The van der Waals surface area contributed by atoms with E-state index in [0.717, 1.165) is 46.4 Å². The van der Waals surface area contributed by atoms with Crippen molar-refractivity contribution in [3.63, 3.8) is 0 Å². The number of aryl methyl sites for hydroxylation is 2. The quantitative estimate of drug-likeness (QED) is 0.270. The molecule has 1 aliphatic carbocycles. The van der Waals surface area contributed by atoms with Gasteiger partial charge >= 0.3 is 0 Å². The Morgan fingerprint density at radius 2 is 1.87 bits per heavy atom. The molecule has 2 amide bonds. The summed E-state index contributed by atoms with van der Waals surface area (Å²) in [5, 5.41) is 15.1. The van der Waals surface area contributed by atoms with Gasteiger partial charge in [-0.1, -0.05) is 24.5 Å². The number of aromatic nitrogens is 3. The van der Waals surface area contributed by atoms with Gasteiger partial charge in [0.25, 0.3) is 0 Å². The predicted molar refractivity (Wildman–Crippen MR) is 150 cm³/mol. The Labute approximate surface area is 228 Å². The smallest absolute Gasteiger partial charge is 0.235 e. The number of benzene rings is 1. The Morgan fingerprint density at radius 1 is 1.15 bits per heavy atom. The van der Waals surface area contributed by atoms with Crippen LogP contribution in [0.2, 0.25) is 0 Å². The molecule has 3 aromatic rings. The highest BCUT2D eigenvalue weighted by atomic mass is 19.1. The van der Waals surface area contributed by atoms with Crippen LogP contribution in [0.25, 0.3) is 11.0 Å². The van der Waals surface area contributed by atoms with Crippen LogP contribution in [-0.2, 0) is 40.4 Å². The van der Waals surface area contributed by atoms with Crippen molar-refractivity contribution in [2.24, 2.45) is 5.41 Å². The van der Waals surface area contributed by atoms with Crippen molar-refractivity contribution in [1.82, 2.24) is 25.4 Å². The van der Waals surface area contributed by atoms with Crippen LogP contribution >= 0.6 is 0 Å². The minimum absolute atomic E-state index is 0.246. The third-order valence-corrected chi connectivity index (χ3v) is 7.90. The first-order valence-corrected chi connectivity index (χ1v) is 13.9. The monoisotopic (exact) mass is 534 g/mol. The molecule has 2 fully saturated rings. The number of carbonyl (C=O) groups is 2. The van der Waals surface area contributed by atoms with Crippen LogP contribution in [0.3, 0.4) is 0 Å². The van der Waals surface area contributed by atoms with Crippen LogP contribution in [0.1, 0.15) is 56.4 Å². The lowest BCUT2D eigenvalue weighted by Gasteiger charge is -2.27. The highest BCUT2D eigenvalue weighted by molar-refractivity contribution is 6.32. The topological polar surface area (TPSA) is 110 Å². The van der Waals surface area contributed by atoms with Gasteiger partial charge in [0, 0.05) is 50.1 Å². The Morgan fingerprint density at radius 3 is 2.51 bits per heavy atom. The van der Waals surface area contributed by atoms with Gasteiger partial charge in [-0.3, -0.25) is 9.59 Å². The number of hydrogen-bond acceptors (Lipinski definition) is 6. The number of fused-ring (bicyclic) bond motifs is 1. The predicted octanol–water partition coefficient (Wildman–Crippen LogP) is 1.71.